The molecule has 2 rings (SSSR count). The average Bonchev–Trinajstić information content (AvgIpc) is 2.47. The fourth-order valence-corrected chi connectivity index (χ4v) is 1.72. The highest BCUT2D eigenvalue weighted by Crippen LogP contribution is 2.09. The van der Waals surface area contributed by atoms with Gasteiger partial charge in [0.15, 0.2) is 5.78 Å². The Morgan fingerprint density at radius 3 is 2.42 bits per heavy atom. The molecule has 2 aromatic carbocycles. The van der Waals surface area contributed by atoms with Crippen molar-refractivity contribution >= 4 is 5.78 Å². The minimum absolute atomic E-state index is 0.00830. The normalized spacial score (nSPS) is 9.26. The smallest absolute Gasteiger partial charge is 0.159 e. The van der Waals surface area contributed by atoms with Crippen LogP contribution in [-0.4, -0.2) is 5.78 Å². The van der Waals surface area contributed by atoms with Gasteiger partial charge >= 0.3 is 0 Å². The Morgan fingerprint density at radius 2 is 1.68 bits per heavy atom. The van der Waals surface area contributed by atoms with E-state index in [0.29, 0.717) is 6.42 Å². The summed E-state index contributed by atoms with van der Waals surface area (Å²) in [6, 6.07) is 17.5. The second-order valence-corrected chi connectivity index (χ2v) is 4.12. The fraction of sp³-hybridized carbons (Fsp3) is 0.0556. The van der Waals surface area contributed by atoms with Gasteiger partial charge in [0.1, 0.15) is 0 Å². The number of benzene rings is 2. The van der Waals surface area contributed by atoms with E-state index in [4.69, 9.17) is 0 Å². The van der Waals surface area contributed by atoms with Gasteiger partial charge in [0.25, 0.3) is 0 Å². The quantitative estimate of drug-likeness (QED) is 0.599. The van der Waals surface area contributed by atoms with Gasteiger partial charge in [0, 0.05) is 17.5 Å². The van der Waals surface area contributed by atoms with Crippen molar-refractivity contribution in [1.29, 1.82) is 0 Å². The molecule has 92 valence electrons. The lowest BCUT2D eigenvalue weighted by molar-refractivity contribution is -0.114. The number of rotatable bonds is 3. The van der Waals surface area contributed by atoms with Crippen LogP contribution >= 0.6 is 0 Å². The van der Waals surface area contributed by atoms with Crippen LogP contribution in [0.3, 0.4) is 0 Å². The summed E-state index contributed by atoms with van der Waals surface area (Å²) in [5.41, 5.74) is 2.80. The maximum atomic E-state index is 11.4. The predicted octanol–water partition coefficient (Wildman–Crippen LogP) is 3.38. The summed E-state index contributed by atoms with van der Waals surface area (Å²) in [6.45, 7) is 3.49. The van der Waals surface area contributed by atoms with Crippen molar-refractivity contribution in [3.8, 4) is 11.8 Å². The molecule has 19 heavy (non-hydrogen) atoms. The van der Waals surface area contributed by atoms with E-state index in [9.17, 15) is 4.79 Å². The van der Waals surface area contributed by atoms with Crippen molar-refractivity contribution in [2.45, 2.75) is 6.42 Å². The highest BCUT2D eigenvalue weighted by molar-refractivity contribution is 5.91. The number of hydrogen-bond acceptors (Lipinski definition) is 1. The molecule has 0 heterocycles. The molecule has 0 aromatic heterocycles. The largest absolute Gasteiger partial charge is 0.295 e. The van der Waals surface area contributed by atoms with E-state index in [2.05, 4.69) is 18.4 Å². The van der Waals surface area contributed by atoms with Crippen LogP contribution in [0.4, 0.5) is 0 Å². The fourth-order valence-electron chi connectivity index (χ4n) is 1.72. The summed E-state index contributed by atoms with van der Waals surface area (Å²) in [5, 5.41) is 0. The third-order valence-electron chi connectivity index (χ3n) is 2.73. The van der Waals surface area contributed by atoms with Crippen LogP contribution in [-0.2, 0) is 11.2 Å². The van der Waals surface area contributed by atoms with Gasteiger partial charge in [-0.15, -0.1) is 0 Å². The van der Waals surface area contributed by atoms with E-state index in [1.54, 1.807) is 0 Å². The molecule has 0 atom stereocenters. The first-order chi connectivity index (χ1) is 9.29. The van der Waals surface area contributed by atoms with Crippen LogP contribution in [0.25, 0.3) is 0 Å². The molecule has 0 unspecified atom stereocenters. The molecular weight excluding hydrogens is 232 g/mol. The van der Waals surface area contributed by atoms with E-state index in [-0.39, 0.29) is 5.78 Å². The summed E-state index contributed by atoms with van der Waals surface area (Å²) < 4.78 is 0. The molecule has 0 bridgehead atoms. The van der Waals surface area contributed by atoms with Crippen LogP contribution in [0.2, 0.25) is 0 Å². The van der Waals surface area contributed by atoms with Crippen molar-refractivity contribution in [2.75, 3.05) is 0 Å². The number of hydrogen-bond donors (Lipinski definition) is 0. The zero-order chi connectivity index (χ0) is 13.5. The van der Waals surface area contributed by atoms with Gasteiger partial charge in [0.05, 0.1) is 0 Å². The van der Waals surface area contributed by atoms with Gasteiger partial charge in [-0.25, -0.2) is 0 Å². The summed E-state index contributed by atoms with van der Waals surface area (Å²) in [7, 11) is 0. The number of carbonyl (C=O) groups is 1. The van der Waals surface area contributed by atoms with Gasteiger partial charge < -0.3 is 0 Å². The van der Waals surface area contributed by atoms with Gasteiger partial charge in [-0.3, -0.25) is 4.79 Å². The number of allylic oxidation sites excluding steroid dienone is 1. The average molecular weight is 246 g/mol. The number of carbonyl (C=O) groups excluding carboxylic acids is 1. The van der Waals surface area contributed by atoms with E-state index in [1.165, 1.54) is 6.08 Å². The molecule has 0 radical (unpaired) electrons. The highest BCUT2D eigenvalue weighted by Gasteiger charge is 2.03. The minimum Gasteiger partial charge on any atom is -0.295 e. The van der Waals surface area contributed by atoms with Crippen molar-refractivity contribution in [3.63, 3.8) is 0 Å². The topological polar surface area (TPSA) is 17.1 Å². The second kappa shape index (κ2) is 6.37. The maximum Gasteiger partial charge on any atom is 0.159 e. The van der Waals surface area contributed by atoms with E-state index in [1.807, 2.05) is 54.6 Å². The Hall–Kier alpha value is -2.59. The van der Waals surface area contributed by atoms with Crippen molar-refractivity contribution in [2.24, 2.45) is 0 Å². The lowest BCUT2D eigenvalue weighted by Gasteiger charge is -2.01. The zero-order valence-corrected chi connectivity index (χ0v) is 10.6. The first-order valence-corrected chi connectivity index (χ1v) is 6.10. The van der Waals surface area contributed by atoms with Crippen LogP contribution in [0.5, 0.6) is 0 Å². The first-order valence-electron chi connectivity index (χ1n) is 6.10. The Labute approximate surface area is 113 Å². The van der Waals surface area contributed by atoms with Gasteiger partial charge in [-0.1, -0.05) is 54.8 Å². The van der Waals surface area contributed by atoms with Crippen molar-refractivity contribution < 1.29 is 4.79 Å². The summed E-state index contributed by atoms with van der Waals surface area (Å²) in [6.07, 6.45) is 1.70. The molecule has 0 saturated heterocycles. The summed E-state index contributed by atoms with van der Waals surface area (Å²) in [4.78, 5) is 11.4. The van der Waals surface area contributed by atoms with Gasteiger partial charge in [-0.05, 0) is 29.8 Å². The molecular formula is C18H14O. The molecule has 0 N–H and O–H groups in total. The third kappa shape index (κ3) is 3.69. The summed E-state index contributed by atoms with van der Waals surface area (Å²) in [5.74, 6) is 6.24. The molecule has 0 amide bonds. The maximum absolute atomic E-state index is 11.4. The standard InChI is InChI=1S/C18H14O/c1-2-18(19)14-17-11-7-6-10-16(17)13-12-15-8-4-3-5-9-15/h2-11H,1,14H2. The van der Waals surface area contributed by atoms with Crippen LogP contribution in [0, 0.1) is 11.8 Å². The van der Waals surface area contributed by atoms with Crippen LogP contribution in [0.15, 0.2) is 67.3 Å². The molecule has 0 aliphatic carbocycles. The Bertz CT molecular complexity index is 642. The van der Waals surface area contributed by atoms with Crippen molar-refractivity contribution in [3.05, 3.63) is 83.9 Å². The highest BCUT2D eigenvalue weighted by atomic mass is 16.1. The predicted molar refractivity (Wildman–Crippen MR) is 77.8 cm³/mol. The molecule has 1 heteroatoms. The second-order valence-electron chi connectivity index (χ2n) is 4.12. The van der Waals surface area contributed by atoms with Gasteiger partial charge in [0.2, 0.25) is 0 Å². The Balaban J connectivity index is 2.28. The molecule has 0 spiro atoms. The van der Waals surface area contributed by atoms with Crippen LogP contribution < -0.4 is 0 Å². The molecule has 2 aromatic rings. The third-order valence-corrected chi connectivity index (χ3v) is 2.73. The van der Waals surface area contributed by atoms with E-state index in [0.717, 1.165) is 16.7 Å². The number of ketones is 1. The lowest BCUT2D eigenvalue weighted by Crippen LogP contribution is -2.00. The molecule has 0 aliphatic rings. The monoisotopic (exact) mass is 246 g/mol. The Kier molecular flexibility index (Phi) is 4.31. The zero-order valence-electron chi connectivity index (χ0n) is 10.6. The first kappa shape index (κ1) is 12.9. The molecule has 1 nitrogen and oxygen atoms in total. The Morgan fingerprint density at radius 1 is 1.00 bits per heavy atom. The van der Waals surface area contributed by atoms with Crippen LogP contribution in [0.1, 0.15) is 16.7 Å². The SMILES string of the molecule is C=CC(=O)Cc1ccccc1C#Cc1ccccc1. The van der Waals surface area contributed by atoms with E-state index >= 15 is 0 Å². The van der Waals surface area contributed by atoms with Crippen molar-refractivity contribution in [1.82, 2.24) is 0 Å². The summed E-state index contributed by atoms with van der Waals surface area (Å²) >= 11 is 0. The van der Waals surface area contributed by atoms with Gasteiger partial charge in [-0.2, -0.15) is 0 Å². The molecule has 0 saturated carbocycles. The molecule has 0 aliphatic heterocycles. The lowest BCUT2D eigenvalue weighted by atomic mass is 10.0. The minimum atomic E-state index is 0.00830. The van der Waals surface area contributed by atoms with E-state index < -0.39 is 0 Å². The molecule has 0 fully saturated rings.